The topological polar surface area (TPSA) is 0 Å². The van der Waals surface area contributed by atoms with Crippen LogP contribution in [0.4, 0.5) is 0 Å². The molecule has 5 aromatic carbocycles. The molecular formula is C44H34S. The molecule has 2 aliphatic carbocycles. The van der Waals surface area contributed by atoms with E-state index in [2.05, 4.69) is 161 Å². The van der Waals surface area contributed by atoms with E-state index in [4.69, 9.17) is 0 Å². The Morgan fingerprint density at radius 2 is 1.18 bits per heavy atom. The molecule has 1 heteroatoms. The van der Waals surface area contributed by atoms with Crippen LogP contribution in [0.1, 0.15) is 57.7 Å². The van der Waals surface area contributed by atoms with Gasteiger partial charge in [-0.15, -0.1) is 11.3 Å². The molecule has 0 unspecified atom stereocenters. The predicted octanol–water partition coefficient (Wildman–Crippen LogP) is 12.3. The van der Waals surface area contributed by atoms with Crippen molar-refractivity contribution in [2.75, 3.05) is 0 Å². The van der Waals surface area contributed by atoms with Gasteiger partial charge >= 0.3 is 0 Å². The number of thiophene rings is 1. The predicted molar refractivity (Wildman–Crippen MR) is 196 cm³/mol. The highest BCUT2D eigenvalue weighted by atomic mass is 32.1. The molecule has 0 N–H and O–H groups in total. The zero-order valence-corrected chi connectivity index (χ0v) is 26.7. The van der Waals surface area contributed by atoms with Crippen LogP contribution >= 0.6 is 11.3 Å². The van der Waals surface area contributed by atoms with Crippen molar-refractivity contribution in [2.24, 2.45) is 0 Å². The molecule has 0 fully saturated rings. The van der Waals surface area contributed by atoms with Gasteiger partial charge < -0.3 is 0 Å². The Balaban J connectivity index is 1.36. The number of fused-ring (bicyclic) bond motifs is 11. The molecular weight excluding hydrogens is 561 g/mol. The molecule has 216 valence electrons. The highest BCUT2D eigenvalue weighted by molar-refractivity contribution is 7.20. The van der Waals surface area contributed by atoms with Crippen molar-refractivity contribution >= 4 is 38.6 Å². The molecule has 0 amide bonds. The van der Waals surface area contributed by atoms with Crippen molar-refractivity contribution in [1.29, 1.82) is 0 Å². The van der Waals surface area contributed by atoms with Gasteiger partial charge in [-0.05, 0) is 117 Å². The maximum absolute atomic E-state index is 4.32. The Bertz CT molecular complexity index is 2220. The Kier molecular flexibility index (Phi) is 6.48. The first-order valence-corrected chi connectivity index (χ1v) is 16.5. The van der Waals surface area contributed by atoms with E-state index in [0.29, 0.717) is 0 Å². The zero-order chi connectivity index (χ0) is 30.7. The first kappa shape index (κ1) is 27.6. The smallest absolute Gasteiger partial charge is 0.0725 e. The number of rotatable bonds is 5. The van der Waals surface area contributed by atoms with Gasteiger partial charge in [-0.3, -0.25) is 0 Å². The number of benzene rings is 5. The Morgan fingerprint density at radius 1 is 0.622 bits per heavy atom. The van der Waals surface area contributed by atoms with Crippen LogP contribution in [0.25, 0.3) is 49.6 Å². The molecule has 1 aromatic heterocycles. The standard InChI is InChI=1S/C44H34S/c1-5-14-33(31(7-3)30-22-24-32-28(4)42(15-6-2)45-43(32)27-30)29-23-25-41-37(26-29)36-18-10-13-21-40(36)44(41)38-19-11-8-16-34(38)35-17-9-12-20-39(35)44/h5-27H,3H2,1-2,4H3/b14-5-,15-6-,33-31-. The van der Waals surface area contributed by atoms with E-state index in [1.165, 1.54) is 81.7 Å². The molecule has 0 saturated heterocycles. The molecule has 0 radical (unpaired) electrons. The van der Waals surface area contributed by atoms with E-state index in [-0.39, 0.29) is 5.41 Å². The summed E-state index contributed by atoms with van der Waals surface area (Å²) in [5.74, 6) is 0. The van der Waals surface area contributed by atoms with Gasteiger partial charge in [-0.2, -0.15) is 0 Å². The average Bonchev–Trinajstić information content (AvgIpc) is 3.67. The molecule has 0 saturated carbocycles. The molecule has 2 aliphatic rings. The van der Waals surface area contributed by atoms with Crippen molar-refractivity contribution in [2.45, 2.75) is 26.2 Å². The molecule has 45 heavy (non-hydrogen) atoms. The van der Waals surface area contributed by atoms with Gasteiger partial charge in [0.05, 0.1) is 5.41 Å². The lowest BCUT2D eigenvalue weighted by molar-refractivity contribution is 0.793. The molecule has 1 heterocycles. The first-order chi connectivity index (χ1) is 22.1. The van der Waals surface area contributed by atoms with Crippen LogP contribution in [0.15, 0.2) is 140 Å². The van der Waals surface area contributed by atoms with Gasteiger partial charge in [0.25, 0.3) is 0 Å². The summed E-state index contributed by atoms with van der Waals surface area (Å²) in [7, 11) is 0. The minimum absolute atomic E-state index is 0.323. The Labute approximate surface area is 270 Å². The van der Waals surface area contributed by atoms with Crippen molar-refractivity contribution in [3.05, 3.63) is 184 Å². The summed E-state index contributed by atoms with van der Waals surface area (Å²) >= 11 is 1.86. The summed E-state index contributed by atoms with van der Waals surface area (Å²) in [4.78, 5) is 1.32. The van der Waals surface area contributed by atoms with E-state index < -0.39 is 0 Å². The summed E-state index contributed by atoms with van der Waals surface area (Å²) < 4.78 is 1.31. The second kappa shape index (κ2) is 10.6. The van der Waals surface area contributed by atoms with Crippen LogP contribution in [0.5, 0.6) is 0 Å². The van der Waals surface area contributed by atoms with Crippen molar-refractivity contribution in [1.82, 2.24) is 0 Å². The third-order valence-corrected chi connectivity index (χ3v) is 11.0. The summed E-state index contributed by atoms with van der Waals surface area (Å²) in [6.07, 6.45) is 10.7. The molecule has 1 spiro atoms. The maximum Gasteiger partial charge on any atom is 0.0725 e. The SMILES string of the molecule is C=C/C(=C(\C=C/C)c1ccc2c(c1)-c1ccccc1C21c2ccccc2-c2ccccc21)c1ccc2c(C)c(/C=C\C)sc2c1. The molecule has 0 atom stereocenters. The van der Waals surface area contributed by atoms with E-state index in [1.54, 1.807) is 0 Å². The maximum atomic E-state index is 4.32. The lowest BCUT2D eigenvalue weighted by atomic mass is 9.70. The lowest BCUT2D eigenvalue weighted by Gasteiger charge is -2.30. The monoisotopic (exact) mass is 594 g/mol. The highest BCUT2D eigenvalue weighted by Crippen LogP contribution is 2.62. The minimum atomic E-state index is -0.323. The van der Waals surface area contributed by atoms with E-state index >= 15 is 0 Å². The van der Waals surface area contributed by atoms with Crippen LogP contribution in [0.3, 0.4) is 0 Å². The number of allylic oxidation sites excluding steroid dienone is 6. The van der Waals surface area contributed by atoms with Gasteiger partial charge in [0.2, 0.25) is 0 Å². The molecule has 6 aromatic rings. The van der Waals surface area contributed by atoms with E-state index in [1.807, 2.05) is 17.4 Å². The zero-order valence-electron chi connectivity index (χ0n) is 25.9. The van der Waals surface area contributed by atoms with Gasteiger partial charge in [0.1, 0.15) is 0 Å². The third-order valence-electron chi connectivity index (χ3n) is 9.74. The van der Waals surface area contributed by atoms with Crippen LogP contribution in [0.2, 0.25) is 0 Å². The van der Waals surface area contributed by atoms with Crippen LogP contribution < -0.4 is 0 Å². The average molecular weight is 595 g/mol. The van der Waals surface area contributed by atoms with Gasteiger partial charge in [-0.1, -0.05) is 128 Å². The summed E-state index contributed by atoms with van der Waals surface area (Å²) in [5, 5.41) is 1.32. The third kappa shape index (κ3) is 3.84. The van der Waals surface area contributed by atoms with Gasteiger partial charge in [0, 0.05) is 9.58 Å². The van der Waals surface area contributed by atoms with Gasteiger partial charge in [0.15, 0.2) is 0 Å². The second-order valence-corrected chi connectivity index (χ2v) is 13.1. The molecule has 0 aliphatic heterocycles. The van der Waals surface area contributed by atoms with E-state index in [0.717, 1.165) is 5.57 Å². The highest BCUT2D eigenvalue weighted by Gasteiger charge is 2.51. The molecule has 0 nitrogen and oxygen atoms in total. The van der Waals surface area contributed by atoms with Crippen molar-refractivity contribution in [3.8, 4) is 22.3 Å². The van der Waals surface area contributed by atoms with Crippen LogP contribution in [-0.4, -0.2) is 0 Å². The molecule has 8 rings (SSSR count). The normalized spacial score (nSPS) is 14.6. The largest absolute Gasteiger partial charge is 0.136 e. The fraction of sp³-hybridized carbons (Fsp3) is 0.0909. The quantitative estimate of drug-likeness (QED) is 0.137. The van der Waals surface area contributed by atoms with Gasteiger partial charge in [-0.25, -0.2) is 0 Å². The Morgan fingerprint density at radius 3 is 1.78 bits per heavy atom. The number of aryl methyl sites for hydroxylation is 1. The van der Waals surface area contributed by atoms with E-state index in [9.17, 15) is 0 Å². The van der Waals surface area contributed by atoms with Crippen molar-refractivity contribution < 1.29 is 0 Å². The number of hydrogen-bond acceptors (Lipinski definition) is 1. The summed E-state index contributed by atoms with van der Waals surface area (Å²) in [5.41, 5.74) is 16.5. The summed E-state index contributed by atoms with van der Waals surface area (Å²) in [6.45, 7) is 10.7. The summed E-state index contributed by atoms with van der Waals surface area (Å²) in [6, 6.07) is 41.0. The fourth-order valence-electron chi connectivity index (χ4n) is 7.88. The minimum Gasteiger partial charge on any atom is -0.136 e. The van der Waals surface area contributed by atoms with Crippen LogP contribution in [0, 0.1) is 6.92 Å². The lowest BCUT2D eigenvalue weighted by Crippen LogP contribution is -2.25. The fourth-order valence-corrected chi connectivity index (χ4v) is 9.10. The first-order valence-electron chi connectivity index (χ1n) is 15.7. The number of hydrogen-bond donors (Lipinski definition) is 0. The molecule has 0 bridgehead atoms. The Hall–Kier alpha value is -4.98. The second-order valence-electron chi connectivity index (χ2n) is 12.0. The van der Waals surface area contributed by atoms with Crippen molar-refractivity contribution in [3.63, 3.8) is 0 Å². The van der Waals surface area contributed by atoms with Crippen LogP contribution in [-0.2, 0) is 5.41 Å².